The highest BCUT2D eigenvalue weighted by Gasteiger charge is 2.21. The number of aromatic nitrogens is 1. The van der Waals surface area contributed by atoms with Crippen molar-refractivity contribution in [3.63, 3.8) is 0 Å². The van der Waals surface area contributed by atoms with Gasteiger partial charge in [-0.25, -0.2) is 0 Å². The van der Waals surface area contributed by atoms with Gasteiger partial charge in [-0.2, -0.15) is 0 Å². The maximum Gasteiger partial charge on any atom is 0.285 e. The average Bonchev–Trinajstić information content (AvgIpc) is 2.29. The lowest BCUT2D eigenvalue weighted by atomic mass is 10.1. The molecule has 0 atom stereocenters. The molecule has 86 valence electrons. The molecule has 0 saturated heterocycles. The van der Waals surface area contributed by atoms with E-state index in [4.69, 9.17) is 0 Å². The standard InChI is InChI=1S/C9H5N3O5/c13-9-7(12(16)17)4-6(11(14)15)5-2-1-3-10-8(5)9/h1-4,13H/p-1. The highest BCUT2D eigenvalue weighted by Crippen LogP contribution is 2.36. The topological polar surface area (TPSA) is 122 Å². The van der Waals surface area contributed by atoms with Crippen LogP contribution in [0, 0.1) is 20.2 Å². The molecule has 8 heteroatoms. The summed E-state index contributed by atoms with van der Waals surface area (Å²) in [5.74, 6) is -0.920. The van der Waals surface area contributed by atoms with Gasteiger partial charge >= 0.3 is 0 Å². The second kappa shape index (κ2) is 3.67. The van der Waals surface area contributed by atoms with Gasteiger partial charge < -0.3 is 5.11 Å². The summed E-state index contributed by atoms with van der Waals surface area (Å²) in [6, 6.07) is 3.40. The SMILES string of the molecule is O=[N+]([O-])c1cc([N+](=O)[O-])c2cccnc2c1[O-]. The van der Waals surface area contributed by atoms with E-state index in [1.807, 2.05) is 0 Å². The number of hydrogen-bond donors (Lipinski definition) is 0. The maximum atomic E-state index is 11.6. The summed E-state index contributed by atoms with van der Waals surface area (Å²) in [5.41, 5.74) is -1.62. The number of nitrogens with zero attached hydrogens (tertiary/aromatic N) is 3. The number of nitro benzene ring substituents is 2. The third kappa shape index (κ3) is 1.61. The quantitative estimate of drug-likeness (QED) is 0.566. The van der Waals surface area contributed by atoms with Gasteiger partial charge in [-0.15, -0.1) is 0 Å². The van der Waals surface area contributed by atoms with E-state index in [2.05, 4.69) is 4.98 Å². The first-order valence-corrected chi connectivity index (χ1v) is 4.40. The van der Waals surface area contributed by atoms with Crippen molar-refractivity contribution in [2.24, 2.45) is 0 Å². The van der Waals surface area contributed by atoms with Crippen LogP contribution in [0.25, 0.3) is 10.9 Å². The van der Waals surface area contributed by atoms with Crippen molar-refractivity contribution in [2.75, 3.05) is 0 Å². The summed E-state index contributed by atoms with van der Waals surface area (Å²) in [7, 11) is 0. The minimum absolute atomic E-state index is 0.00639. The molecule has 1 heterocycles. The average molecular weight is 234 g/mol. The van der Waals surface area contributed by atoms with E-state index in [9.17, 15) is 25.3 Å². The summed E-state index contributed by atoms with van der Waals surface area (Å²) in [4.78, 5) is 23.3. The Morgan fingerprint density at radius 2 is 1.76 bits per heavy atom. The van der Waals surface area contributed by atoms with Crippen LogP contribution in [0.1, 0.15) is 0 Å². The molecule has 1 aromatic carbocycles. The third-order valence-corrected chi connectivity index (χ3v) is 2.20. The van der Waals surface area contributed by atoms with Gasteiger partial charge in [-0.05, 0) is 17.9 Å². The summed E-state index contributed by atoms with van der Waals surface area (Å²) < 4.78 is 0. The number of pyridine rings is 1. The Morgan fingerprint density at radius 3 is 2.35 bits per heavy atom. The molecule has 0 aliphatic carbocycles. The molecule has 0 aliphatic rings. The van der Waals surface area contributed by atoms with Crippen molar-refractivity contribution in [3.8, 4) is 5.75 Å². The Kier molecular flexibility index (Phi) is 2.32. The van der Waals surface area contributed by atoms with Crippen LogP contribution in [-0.4, -0.2) is 14.8 Å². The van der Waals surface area contributed by atoms with Gasteiger partial charge in [0, 0.05) is 6.20 Å². The molecule has 17 heavy (non-hydrogen) atoms. The molecule has 0 amide bonds. The van der Waals surface area contributed by atoms with Crippen LogP contribution in [0.4, 0.5) is 11.4 Å². The van der Waals surface area contributed by atoms with Crippen LogP contribution < -0.4 is 5.11 Å². The summed E-state index contributed by atoms with van der Waals surface area (Å²) in [6.07, 6.45) is 1.25. The molecule has 0 bridgehead atoms. The van der Waals surface area contributed by atoms with Crippen molar-refractivity contribution in [2.45, 2.75) is 0 Å². The molecule has 8 nitrogen and oxygen atoms in total. The monoisotopic (exact) mass is 234 g/mol. The zero-order valence-electron chi connectivity index (χ0n) is 8.19. The predicted octanol–water partition coefficient (Wildman–Crippen LogP) is 1.12. The molecular formula is C9H4N3O5-. The number of hydrogen-bond acceptors (Lipinski definition) is 6. The first-order chi connectivity index (χ1) is 8.02. The number of fused-ring (bicyclic) bond motifs is 1. The Labute approximate surface area is 93.4 Å². The lowest BCUT2D eigenvalue weighted by Crippen LogP contribution is -2.02. The maximum absolute atomic E-state index is 11.6. The van der Waals surface area contributed by atoms with Crippen molar-refractivity contribution in [1.29, 1.82) is 0 Å². The van der Waals surface area contributed by atoms with E-state index < -0.39 is 27.0 Å². The minimum Gasteiger partial charge on any atom is -0.866 e. The number of benzene rings is 1. The van der Waals surface area contributed by atoms with Crippen LogP contribution in [0.5, 0.6) is 5.75 Å². The van der Waals surface area contributed by atoms with Crippen LogP contribution >= 0.6 is 0 Å². The summed E-state index contributed by atoms with van der Waals surface area (Å²) in [5, 5.41) is 33.0. The fourth-order valence-electron chi connectivity index (χ4n) is 1.47. The first kappa shape index (κ1) is 10.7. The fourth-order valence-corrected chi connectivity index (χ4v) is 1.47. The highest BCUT2D eigenvalue weighted by atomic mass is 16.6. The molecule has 0 radical (unpaired) electrons. The van der Waals surface area contributed by atoms with E-state index in [0.717, 1.165) is 0 Å². The van der Waals surface area contributed by atoms with E-state index >= 15 is 0 Å². The Bertz CT molecular complexity index is 640. The number of rotatable bonds is 2. The smallest absolute Gasteiger partial charge is 0.285 e. The van der Waals surface area contributed by atoms with Gasteiger partial charge in [-0.1, -0.05) is 0 Å². The Balaban J connectivity index is 2.94. The first-order valence-electron chi connectivity index (χ1n) is 4.40. The predicted molar refractivity (Wildman–Crippen MR) is 54.5 cm³/mol. The van der Waals surface area contributed by atoms with Gasteiger partial charge in [0.15, 0.2) is 0 Å². The second-order valence-electron chi connectivity index (χ2n) is 3.16. The van der Waals surface area contributed by atoms with Crippen molar-refractivity contribution >= 4 is 22.3 Å². The third-order valence-electron chi connectivity index (χ3n) is 2.20. The fraction of sp³-hybridized carbons (Fsp3) is 0. The second-order valence-corrected chi connectivity index (χ2v) is 3.16. The number of nitro groups is 2. The van der Waals surface area contributed by atoms with Crippen LogP contribution in [0.15, 0.2) is 24.4 Å². The minimum atomic E-state index is -0.955. The van der Waals surface area contributed by atoms with Gasteiger partial charge in [0.1, 0.15) is 0 Å². The van der Waals surface area contributed by atoms with Crippen molar-refractivity contribution in [1.82, 2.24) is 4.98 Å². The van der Waals surface area contributed by atoms with E-state index in [-0.39, 0.29) is 10.9 Å². The van der Waals surface area contributed by atoms with Crippen LogP contribution in [0.3, 0.4) is 0 Å². The van der Waals surface area contributed by atoms with E-state index in [1.54, 1.807) is 0 Å². The zero-order chi connectivity index (χ0) is 12.6. The Morgan fingerprint density at radius 1 is 1.12 bits per heavy atom. The lowest BCUT2D eigenvalue weighted by molar-refractivity contribution is -0.402. The van der Waals surface area contributed by atoms with Gasteiger partial charge in [0.05, 0.1) is 26.8 Å². The largest absolute Gasteiger partial charge is 0.866 e. The molecule has 1 aromatic heterocycles. The van der Waals surface area contributed by atoms with Crippen molar-refractivity contribution < 1.29 is 15.0 Å². The summed E-state index contributed by atoms with van der Waals surface area (Å²) >= 11 is 0. The molecule has 0 spiro atoms. The molecule has 0 aliphatic heterocycles. The molecule has 0 unspecified atom stereocenters. The van der Waals surface area contributed by atoms with Gasteiger partial charge in [0.2, 0.25) is 0 Å². The molecular weight excluding hydrogens is 230 g/mol. The molecule has 0 N–H and O–H groups in total. The number of non-ortho nitro benzene ring substituents is 1. The van der Waals surface area contributed by atoms with Crippen LogP contribution in [-0.2, 0) is 0 Å². The van der Waals surface area contributed by atoms with Crippen molar-refractivity contribution in [3.05, 3.63) is 44.6 Å². The van der Waals surface area contributed by atoms with Gasteiger partial charge in [-0.3, -0.25) is 25.2 Å². The molecule has 2 rings (SSSR count). The van der Waals surface area contributed by atoms with Gasteiger partial charge in [0.25, 0.3) is 11.4 Å². The molecule has 0 saturated carbocycles. The molecule has 0 fully saturated rings. The Hall–Kier alpha value is -2.77. The zero-order valence-corrected chi connectivity index (χ0v) is 8.19. The van der Waals surface area contributed by atoms with Crippen LogP contribution in [0.2, 0.25) is 0 Å². The lowest BCUT2D eigenvalue weighted by Gasteiger charge is -2.09. The summed E-state index contributed by atoms with van der Waals surface area (Å²) in [6.45, 7) is 0. The normalized spacial score (nSPS) is 10.4. The van der Waals surface area contributed by atoms with E-state index in [1.165, 1.54) is 18.3 Å². The highest BCUT2D eigenvalue weighted by molar-refractivity contribution is 5.95. The van der Waals surface area contributed by atoms with E-state index in [0.29, 0.717) is 6.07 Å². The molecule has 2 aromatic rings.